The summed E-state index contributed by atoms with van der Waals surface area (Å²) >= 11 is 0. The maximum atomic E-state index is 12.0. The fourth-order valence-electron chi connectivity index (χ4n) is 2.67. The number of aryl methyl sites for hydroxylation is 1. The summed E-state index contributed by atoms with van der Waals surface area (Å²) in [4.78, 5) is 12.0. The second-order valence-corrected chi connectivity index (χ2v) is 8.08. The Morgan fingerprint density at radius 2 is 1.92 bits per heavy atom. The molecule has 1 aromatic carbocycles. The van der Waals surface area contributed by atoms with Gasteiger partial charge in [-0.1, -0.05) is 6.07 Å². The fourth-order valence-corrected chi connectivity index (χ4v) is 3.84. The average Bonchev–Trinajstić information content (AvgIpc) is 3.40. The molecule has 0 heterocycles. The second-order valence-electron chi connectivity index (χ2n) is 6.14. The molecule has 0 saturated heterocycles. The number of hydrogen-bond acceptors (Lipinski definition) is 5. The first-order valence-electron chi connectivity index (χ1n) is 8.29. The van der Waals surface area contributed by atoms with E-state index in [-0.39, 0.29) is 11.9 Å². The van der Waals surface area contributed by atoms with Gasteiger partial charge in [-0.2, -0.15) is 4.31 Å². The Bertz CT molecular complexity index is 701. The van der Waals surface area contributed by atoms with Gasteiger partial charge in [-0.3, -0.25) is 4.79 Å². The maximum Gasteiger partial charge on any atom is 0.220 e. The number of nitrogens with one attached hydrogen (secondary N) is 1. The van der Waals surface area contributed by atoms with Gasteiger partial charge in [0.2, 0.25) is 15.9 Å². The summed E-state index contributed by atoms with van der Waals surface area (Å²) in [5.41, 5.74) is 0.976. The van der Waals surface area contributed by atoms with Crippen LogP contribution in [0, 0.1) is 0 Å². The normalized spacial score (nSPS) is 14.4. The van der Waals surface area contributed by atoms with E-state index in [1.165, 1.54) is 10.6 Å². The van der Waals surface area contributed by atoms with Crippen LogP contribution in [0.3, 0.4) is 0 Å². The van der Waals surface area contributed by atoms with Gasteiger partial charge in [-0.15, -0.1) is 0 Å². The Morgan fingerprint density at radius 1 is 1.24 bits per heavy atom. The van der Waals surface area contributed by atoms with Crippen LogP contribution in [0.15, 0.2) is 18.2 Å². The molecule has 1 N–H and O–H groups in total. The number of rotatable bonds is 10. The van der Waals surface area contributed by atoms with Gasteiger partial charge in [0.15, 0.2) is 11.5 Å². The van der Waals surface area contributed by atoms with Crippen molar-refractivity contribution in [3.8, 4) is 11.5 Å². The number of hydrogen-bond donors (Lipinski definition) is 1. The molecule has 1 aromatic rings. The third-order valence-corrected chi connectivity index (χ3v) is 5.46. The van der Waals surface area contributed by atoms with E-state index < -0.39 is 10.0 Å². The number of nitrogens with zero attached hydrogens (tertiary/aromatic N) is 1. The quantitative estimate of drug-likeness (QED) is 0.668. The van der Waals surface area contributed by atoms with Crippen LogP contribution in [0.25, 0.3) is 0 Å². The van der Waals surface area contributed by atoms with E-state index in [4.69, 9.17) is 9.47 Å². The molecule has 0 unspecified atom stereocenters. The molecule has 0 bridgehead atoms. The number of ether oxygens (including phenoxy) is 2. The predicted octanol–water partition coefficient (Wildman–Crippen LogP) is 1.18. The van der Waals surface area contributed by atoms with Crippen molar-refractivity contribution < 1.29 is 22.7 Å². The maximum absolute atomic E-state index is 12.0. The van der Waals surface area contributed by atoms with Crippen molar-refractivity contribution in [2.45, 2.75) is 31.7 Å². The zero-order valence-corrected chi connectivity index (χ0v) is 15.8. The Morgan fingerprint density at radius 3 is 2.48 bits per heavy atom. The minimum atomic E-state index is -3.21. The van der Waals surface area contributed by atoms with Crippen molar-refractivity contribution in [1.82, 2.24) is 9.62 Å². The topological polar surface area (TPSA) is 84.9 Å². The molecule has 8 heteroatoms. The van der Waals surface area contributed by atoms with Gasteiger partial charge in [0.25, 0.3) is 0 Å². The molecule has 0 aliphatic heterocycles. The van der Waals surface area contributed by atoms with Crippen molar-refractivity contribution >= 4 is 15.9 Å². The number of methoxy groups -OCH3 is 2. The SMILES string of the molecule is COc1ccc(CCC(=O)NCCN(C2CC2)S(C)(=O)=O)cc1OC. The molecular weight excluding hydrogens is 344 g/mol. The molecule has 1 fully saturated rings. The molecule has 140 valence electrons. The zero-order chi connectivity index (χ0) is 18.4. The lowest BCUT2D eigenvalue weighted by Gasteiger charge is -2.19. The number of sulfonamides is 1. The molecule has 0 spiro atoms. The van der Waals surface area contributed by atoms with Gasteiger partial charge in [-0.25, -0.2) is 8.42 Å². The molecule has 1 aliphatic carbocycles. The monoisotopic (exact) mass is 370 g/mol. The summed E-state index contributed by atoms with van der Waals surface area (Å²) in [6.07, 6.45) is 3.92. The Labute approximate surface area is 149 Å². The summed E-state index contributed by atoms with van der Waals surface area (Å²) in [5, 5.41) is 2.79. The van der Waals surface area contributed by atoms with Gasteiger partial charge < -0.3 is 14.8 Å². The van der Waals surface area contributed by atoms with E-state index in [1.807, 2.05) is 18.2 Å². The van der Waals surface area contributed by atoms with Gasteiger partial charge in [0, 0.05) is 25.6 Å². The van der Waals surface area contributed by atoms with Crippen LogP contribution in [0.4, 0.5) is 0 Å². The molecule has 0 atom stereocenters. The number of benzene rings is 1. The largest absolute Gasteiger partial charge is 0.493 e. The second kappa shape index (κ2) is 8.53. The first kappa shape index (κ1) is 19.5. The first-order valence-corrected chi connectivity index (χ1v) is 10.1. The van der Waals surface area contributed by atoms with Gasteiger partial charge in [0.1, 0.15) is 0 Å². The van der Waals surface area contributed by atoms with E-state index in [1.54, 1.807) is 14.2 Å². The summed E-state index contributed by atoms with van der Waals surface area (Å²) in [6.45, 7) is 0.653. The molecule has 1 amide bonds. The number of carbonyl (C=O) groups excluding carboxylic acids is 1. The molecule has 0 aromatic heterocycles. The molecule has 25 heavy (non-hydrogen) atoms. The van der Waals surface area contributed by atoms with Crippen LogP contribution in [-0.4, -0.2) is 58.2 Å². The molecular formula is C17H26N2O5S. The van der Waals surface area contributed by atoms with Crippen LogP contribution >= 0.6 is 0 Å². The minimum Gasteiger partial charge on any atom is -0.493 e. The predicted molar refractivity (Wildman–Crippen MR) is 95.4 cm³/mol. The minimum absolute atomic E-state index is 0.0981. The highest BCUT2D eigenvalue weighted by atomic mass is 32.2. The highest BCUT2D eigenvalue weighted by Crippen LogP contribution is 2.29. The van der Waals surface area contributed by atoms with Crippen molar-refractivity contribution in [2.75, 3.05) is 33.6 Å². The van der Waals surface area contributed by atoms with Crippen molar-refractivity contribution in [3.05, 3.63) is 23.8 Å². The number of amides is 1. The summed E-state index contributed by atoms with van der Waals surface area (Å²) < 4.78 is 35.3. The lowest BCUT2D eigenvalue weighted by Crippen LogP contribution is -2.39. The van der Waals surface area contributed by atoms with Crippen molar-refractivity contribution in [2.24, 2.45) is 0 Å². The van der Waals surface area contributed by atoms with Crippen molar-refractivity contribution in [1.29, 1.82) is 0 Å². The molecule has 7 nitrogen and oxygen atoms in total. The highest BCUT2D eigenvalue weighted by molar-refractivity contribution is 7.88. The van der Waals surface area contributed by atoms with E-state index in [0.29, 0.717) is 37.4 Å². The number of carbonyl (C=O) groups is 1. The summed E-state index contributed by atoms with van der Waals surface area (Å²) in [7, 11) is -0.0660. The molecule has 1 saturated carbocycles. The van der Waals surface area contributed by atoms with Crippen LogP contribution in [0.5, 0.6) is 11.5 Å². The lowest BCUT2D eigenvalue weighted by molar-refractivity contribution is -0.121. The Kier molecular flexibility index (Phi) is 6.66. The van der Waals surface area contributed by atoms with Crippen LogP contribution in [-0.2, 0) is 21.2 Å². The highest BCUT2D eigenvalue weighted by Gasteiger charge is 2.34. The van der Waals surface area contributed by atoms with Crippen LogP contribution in [0.1, 0.15) is 24.8 Å². The standard InChI is InChI=1S/C17H26N2O5S/c1-23-15-8-4-13(12-16(15)24-2)5-9-17(20)18-10-11-19(14-6-7-14)25(3,21)22/h4,8,12,14H,5-7,9-11H2,1-3H3,(H,18,20). The van der Waals surface area contributed by atoms with Crippen molar-refractivity contribution in [3.63, 3.8) is 0 Å². The summed E-state index contributed by atoms with van der Waals surface area (Å²) in [6, 6.07) is 5.67. The van der Waals surface area contributed by atoms with Gasteiger partial charge in [0.05, 0.1) is 20.5 Å². The van der Waals surface area contributed by atoms with E-state index in [2.05, 4.69) is 5.32 Å². The van der Waals surface area contributed by atoms with E-state index >= 15 is 0 Å². The molecule has 2 rings (SSSR count). The van der Waals surface area contributed by atoms with Gasteiger partial charge in [-0.05, 0) is 37.0 Å². The van der Waals surface area contributed by atoms with E-state index in [9.17, 15) is 13.2 Å². The smallest absolute Gasteiger partial charge is 0.220 e. The van der Waals surface area contributed by atoms with E-state index in [0.717, 1.165) is 18.4 Å². The average molecular weight is 370 g/mol. The third-order valence-electron chi connectivity index (χ3n) is 4.12. The van der Waals surface area contributed by atoms with Crippen LogP contribution < -0.4 is 14.8 Å². The zero-order valence-electron chi connectivity index (χ0n) is 14.9. The first-order chi connectivity index (χ1) is 11.8. The third kappa shape index (κ3) is 5.89. The molecule has 1 aliphatic rings. The molecule has 0 radical (unpaired) electrons. The van der Waals surface area contributed by atoms with Gasteiger partial charge >= 0.3 is 0 Å². The Balaban J connectivity index is 1.77. The lowest BCUT2D eigenvalue weighted by atomic mass is 10.1. The Hall–Kier alpha value is -1.80. The fraction of sp³-hybridized carbons (Fsp3) is 0.588. The van der Waals surface area contributed by atoms with Crippen LogP contribution in [0.2, 0.25) is 0 Å². The summed E-state index contributed by atoms with van der Waals surface area (Å²) in [5.74, 6) is 1.18.